The van der Waals surface area contributed by atoms with E-state index >= 15 is 0 Å². The smallest absolute Gasteiger partial charge is 0.133 e. The lowest BCUT2D eigenvalue weighted by atomic mass is 10.0. The Kier molecular flexibility index (Phi) is 4.67. The Morgan fingerprint density at radius 1 is 0.410 bits per heavy atom. The van der Waals surface area contributed by atoms with Gasteiger partial charge in [-0.3, -0.25) is 0 Å². The second-order valence-corrected chi connectivity index (χ2v) is 9.96. The fourth-order valence-electron chi connectivity index (χ4n) is 6.13. The van der Waals surface area contributed by atoms with E-state index in [2.05, 4.69) is 106 Å². The highest BCUT2D eigenvalue weighted by Gasteiger charge is 2.19. The molecule has 184 valence electrons. The molecule has 0 atom stereocenters. The van der Waals surface area contributed by atoms with Crippen LogP contribution in [-0.4, -0.2) is 14.2 Å². The average Bonchev–Trinajstić information content (AvgIpc) is 3.51. The van der Waals surface area contributed by atoms with Gasteiger partial charge in [-0.05, 0) is 60.2 Å². The summed E-state index contributed by atoms with van der Waals surface area (Å²) in [5, 5.41) is 15.9. The molecule has 39 heavy (non-hydrogen) atoms. The summed E-state index contributed by atoms with van der Waals surface area (Å²) in [7, 11) is 0. The lowest BCUT2D eigenvalue weighted by Crippen LogP contribution is -1.95. The highest BCUT2D eigenvalue weighted by molar-refractivity contribution is 6.15. The van der Waals surface area contributed by atoms with Crippen molar-refractivity contribution in [2.45, 2.75) is 0 Å². The minimum Gasteiger partial charge on any atom is -0.507 e. The largest absolute Gasteiger partial charge is 0.507 e. The average molecular weight is 501 g/mol. The maximum atomic E-state index is 11.6. The van der Waals surface area contributed by atoms with Gasteiger partial charge in [0.05, 0.1) is 27.5 Å². The number of para-hydroxylation sites is 3. The van der Waals surface area contributed by atoms with E-state index < -0.39 is 0 Å². The number of phenolic OH excluding ortho intramolecular Hbond substituents is 1. The molecule has 0 radical (unpaired) electrons. The maximum absolute atomic E-state index is 11.6. The van der Waals surface area contributed by atoms with Crippen LogP contribution in [0.1, 0.15) is 0 Å². The summed E-state index contributed by atoms with van der Waals surface area (Å²) in [5.41, 5.74) is 8.46. The van der Waals surface area contributed by atoms with Gasteiger partial charge in [0.25, 0.3) is 0 Å². The molecule has 3 nitrogen and oxygen atoms in total. The van der Waals surface area contributed by atoms with E-state index in [4.69, 9.17) is 0 Å². The number of aromatic nitrogens is 2. The second kappa shape index (κ2) is 8.37. The van der Waals surface area contributed by atoms with Gasteiger partial charge in [-0.1, -0.05) is 84.9 Å². The van der Waals surface area contributed by atoms with Gasteiger partial charge in [-0.15, -0.1) is 0 Å². The third-order valence-electron chi connectivity index (χ3n) is 7.82. The van der Waals surface area contributed by atoms with Gasteiger partial charge in [0, 0.05) is 33.1 Å². The lowest BCUT2D eigenvalue weighted by molar-refractivity contribution is 0.484. The Morgan fingerprint density at radius 2 is 0.974 bits per heavy atom. The molecule has 0 unspecified atom stereocenters. The molecule has 0 saturated heterocycles. The van der Waals surface area contributed by atoms with Crippen LogP contribution in [0.25, 0.3) is 66.1 Å². The third kappa shape index (κ3) is 3.17. The van der Waals surface area contributed by atoms with Crippen molar-refractivity contribution in [3.8, 4) is 28.3 Å². The predicted molar refractivity (Wildman–Crippen MR) is 162 cm³/mol. The van der Waals surface area contributed by atoms with Crippen LogP contribution < -0.4 is 0 Å². The van der Waals surface area contributed by atoms with Crippen molar-refractivity contribution in [1.82, 2.24) is 9.13 Å². The number of benzene rings is 6. The topological polar surface area (TPSA) is 30.1 Å². The molecule has 1 N–H and O–H groups in total. The summed E-state index contributed by atoms with van der Waals surface area (Å²) < 4.78 is 4.60. The number of phenols is 1. The molecule has 0 aliphatic carbocycles. The fourth-order valence-corrected chi connectivity index (χ4v) is 6.13. The van der Waals surface area contributed by atoms with Crippen LogP contribution >= 0.6 is 0 Å². The molecule has 0 fully saturated rings. The standard InChI is InChI=1S/C36H24N2O/c39-36-27(24-11-3-1-4-12-24)20-22-34-35(36)29-16-8-10-18-32(29)38(34)26-19-21-33-30(23-26)28-15-7-9-17-31(28)37(33)25-13-5-2-6-14-25/h1-23,39H. The van der Waals surface area contributed by atoms with Crippen molar-refractivity contribution < 1.29 is 5.11 Å². The Hall–Kier alpha value is -5.28. The molecule has 0 saturated carbocycles. The van der Waals surface area contributed by atoms with Crippen LogP contribution in [0.4, 0.5) is 0 Å². The molecular formula is C36H24N2O. The SMILES string of the molecule is Oc1c(-c2ccccc2)ccc2c1c1ccccc1n2-c1ccc2c(c1)c1ccccc1n2-c1ccccc1. The third-order valence-corrected chi connectivity index (χ3v) is 7.82. The van der Waals surface area contributed by atoms with Crippen LogP contribution in [0.15, 0.2) is 140 Å². The van der Waals surface area contributed by atoms with E-state index in [0.29, 0.717) is 5.75 Å². The normalized spacial score (nSPS) is 11.7. The zero-order valence-corrected chi connectivity index (χ0v) is 21.1. The number of nitrogens with zero attached hydrogens (tertiary/aromatic N) is 2. The second-order valence-electron chi connectivity index (χ2n) is 9.96. The van der Waals surface area contributed by atoms with Crippen molar-refractivity contribution in [3.63, 3.8) is 0 Å². The molecule has 2 aromatic heterocycles. The summed E-state index contributed by atoms with van der Waals surface area (Å²) in [6.07, 6.45) is 0. The first-order chi connectivity index (χ1) is 19.3. The first-order valence-electron chi connectivity index (χ1n) is 13.2. The van der Waals surface area contributed by atoms with E-state index in [0.717, 1.165) is 44.3 Å². The molecule has 2 heterocycles. The van der Waals surface area contributed by atoms with Crippen LogP contribution in [0, 0.1) is 0 Å². The van der Waals surface area contributed by atoms with Gasteiger partial charge in [0.1, 0.15) is 5.75 Å². The van der Waals surface area contributed by atoms with E-state index in [1.165, 1.54) is 21.8 Å². The number of aromatic hydroxyl groups is 1. The minimum atomic E-state index is 0.315. The molecule has 0 spiro atoms. The van der Waals surface area contributed by atoms with Gasteiger partial charge in [-0.25, -0.2) is 0 Å². The van der Waals surface area contributed by atoms with Gasteiger partial charge in [-0.2, -0.15) is 0 Å². The monoisotopic (exact) mass is 500 g/mol. The van der Waals surface area contributed by atoms with Crippen LogP contribution in [0.5, 0.6) is 5.75 Å². The van der Waals surface area contributed by atoms with Crippen molar-refractivity contribution in [2.24, 2.45) is 0 Å². The van der Waals surface area contributed by atoms with Crippen LogP contribution in [-0.2, 0) is 0 Å². The van der Waals surface area contributed by atoms with E-state index in [9.17, 15) is 5.11 Å². The van der Waals surface area contributed by atoms with Crippen molar-refractivity contribution in [3.05, 3.63) is 140 Å². The van der Waals surface area contributed by atoms with Gasteiger partial charge in [0.2, 0.25) is 0 Å². The molecule has 8 rings (SSSR count). The summed E-state index contributed by atoms with van der Waals surface area (Å²) in [5.74, 6) is 0.315. The summed E-state index contributed by atoms with van der Waals surface area (Å²) in [4.78, 5) is 0. The Balaban J connectivity index is 1.43. The maximum Gasteiger partial charge on any atom is 0.133 e. The molecule has 3 heteroatoms. The molecule has 0 amide bonds. The van der Waals surface area contributed by atoms with Gasteiger partial charge in [0.15, 0.2) is 0 Å². The molecular weight excluding hydrogens is 476 g/mol. The first-order valence-corrected chi connectivity index (χ1v) is 13.2. The van der Waals surface area contributed by atoms with Crippen molar-refractivity contribution in [2.75, 3.05) is 0 Å². The summed E-state index contributed by atoms with van der Waals surface area (Å²) >= 11 is 0. The number of fused-ring (bicyclic) bond motifs is 6. The first kappa shape index (κ1) is 21.8. The molecule has 8 aromatic rings. The highest BCUT2D eigenvalue weighted by atomic mass is 16.3. The summed E-state index contributed by atoms with van der Waals surface area (Å²) in [6.45, 7) is 0. The van der Waals surface area contributed by atoms with Crippen molar-refractivity contribution >= 4 is 43.6 Å². The zero-order chi connectivity index (χ0) is 25.9. The summed E-state index contributed by atoms with van der Waals surface area (Å²) in [6, 6.07) is 48.4. The zero-order valence-electron chi connectivity index (χ0n) is 21.1. The number of rotatable bonds is 3. The minimum absolute atomic E-state index is 0.315. The highest BCUT2D eigenvalue weighted by Crippen LogP contribution is 2.43. The number of hydrogen-bond acceptors (Lipinski definition) is 1. The molecule has 6 aromatic carbocycles. The quantitative estimate of drug-likeness (QED) is 0.257. The Bertz CT molecular complexity index is 2170. The van der Waals surface area contributed by atoms with Crippen LogP contribution in [0.2, 0.25) is 0 Å². The van der Waals surface area contributed by atoms with E-state index in [1.54, 1.807) is 0 Å². The van der Waals surface area contributed by atoms with Gasteiger partial charge < -0.3 is 14.2 Å². The van der Waals surface area contributed by atoms with Gasteiger partial charge >= 0.3 is 0 Å². The van der Waals surface area contributed by atoms with Crippen molar-refractivity contribution in [1.29, 1.82) is 0 Å². The number of hydrogen-bond donors (Lipinski definition) is 1. The fraction of sp³-hybridized carbons (Fsp3) is 0. The molecule has 0 bridgehead atoms. The molecule has 0 aliphatic rings. The lowest BCUT2D eigenvalue weighted by Gasteiger charge is -2.11. The van der Waals surface area contributed by atoms with Crippen LogP contribution in [0.3, 0.4) is 0 Å². The van der Waals surface area contributed by atoms with E-state index in [1.807, 2.05) is 42.5 Å². The molecule has 0 aliphatic heterocycles. The van der Waals surface area contributed by atoms with E-state index in [-0.39, 0.29) is 0 Å². The predicted octanol–water partition coefficient (Wildman–Crippen LogP) is 9.25. The Labute approximate surface area is 225 Å². The Morgan fingerprint density at radius 3 is 1.74 bits per heavy atom.